The Morgan fingerprint density at radius 2 is 2.05 bits per heavy atom. The van der Waals surface area contributed by atoms with Gasteiger partial charge >= 0.3 is 0 Å². The van der Waals surface area contributed by atoms with Crippen LogP contribution < -0.4 is 4.90 Å². The average Bonchev–Trinajstić information content (AvgIpc) is 3.18. The van der Waals surface area contributed by atoms with Gasteiger partial charge in [0, 0.05) is 38.3 Å². The molecule has 0 N–H and O–H groups in total. The number of likely N-dealkylation sites (N-methyl/N-ethyl adjacent to an activating group) is 1. The van der Waals surface area contributed by atoms with E-state index < -0.39 is 0 Å². The Kier molecular flexibility index (Phi) is 3.62. The summed E-state index contributed by atoms with van der Waals surface area (Å²) in [6.07, 6.45) is -0.249. The lowest BCUT2D eigenvalue weighted by Gasteiger charge is -2.33. The molecule has 2 atom stereocenters. The topological polar surface area (TPSA) is 41.1 Å². The molecule has 0 bridgehead atoms. The molecular formula is C13H18ClN3O2. The molecule has 19 heavy (non-hydrogen) atoms. The smallest absolute Gasteiger partial charge is 0.190 e. The molecule has 2 aliphatic heterocycles. The Morgan fingerprint density at radius 3 is 2.68 bits per heavy atom. The Balaban J connectivity index is 1.78. The lowest BCUT2D eigenvalue weighted by molar-refractivity contribution is 0.0950. The maximum absolute atomic E-state index is 6.19. The van der Waals surface area contributed by atoms with Crippen molar-refractivity contribution in [1.29, 1.82) is 0 Å². The van der Waals surface area contributed by atoms with Gasteiger partial charge in [0.05, 0.1) is 5.69 Å². The van der Waals surface area contributed by atoms with E-state index in [1.807, 2.05) is 12.1 Å². The summed E-state index contributed by atoms with van der Waals surface area (Å²) < 4.78 is 10.5. The van der Waals surface area contributed by atoms with Gasteiger partial charge in [0.25, 0.3) is 0 Å². The molecule has 2 aliphatic rings. The molecule has 3 rings (SSSR count). The van der Waals surface area contributed by atoms with Crippen LogP contribution in [-0.4, -0.2) is 56.5 Å². The molecule has 104 valence electrons. The number of pyridine rings is 1. The van der Waals surface area contributed by atoms with Gasteiger partial charge in [0.1, 0.15) is 5.82 Å². The standard InChI is InChI=1S/C13H18ClN3O2/c1-16-3-5-17(6-4-16)11-8-9(14)7-10(15-11)12-13(18-2)19-12/h7-8,12-13H,3-6H2,1-2H3. The molecule has 0 spiro atoms. The average molecular weight is 284 g/mol. The van der Waals surface area contributed by atoms with Gasteiger partial charge in [-0.05, 0) is 19.2 Å². The van der Waals surface area contributed by atoms with Gasteiger partial charge in [-0.25, -0.2) is 4.98 Å². The summed E-state index contributed by atoms with van der Waals surface area (Å²) in [5.41, 5.74) is 0.855. The molecule has 5 nitrogen and oxygen atoms in total. The first kappa shape index (κ1) is 13.1. The molecule has 1 aromatic heterocycles. The first-order chi connectivity index (χ1) is 9.17. The largest absolute Gasteiger partial charge is 0.354 e. The molecule has 1 aromatic rings. The van der Waals surface area contributed by atoms with E-state index in [0.717, 1.165) is 37.7 Å². The number of aromatic nitrogens is 1. The third kappa shape index (κ3) is 2.84. The van der Waals surface area contributed by atoms with Crippen LogP contribution in [0.1, 0.15) is 11.8 Å². The van der Waals surface area contributed by atoms with Crippen LogP contribution in [0.4, 0.5) is 5.82 Å². The van der Waals surface area contributed by atoms with E-state index in [-0.39, 0.29) is 12.4 Å². The predicted molar refractivity (Wildman–Crippen MR) is 73.6 cm³/mol. The summed E-state index contributed by atoms with van der Waals surface area (Å²) in [7, 11) is 3.77. The summed E-state index contributed by atoms with van der Waals surface area (Å²) in [6, 6.07) is 3.77. The normalized spacial score (nSPS) is 27.6. The third-order valence-electron chi connectivity index (χ3n) is 3.60. The summed E-state index contributed by atoms with van der Waals surface area (Å²) in [6.45, 7) is 4.04. The van der Waals surface area contributed by atoms with Gasteiger partial charge in [0.15, 0.2) is 12.4 Å². The van der Waals surface area contributed by atoms with Gasteiger partial charge in [-0.2, -0.15) is 0 Å². The fourth-order valence-electron chi connectivity index (χ4n) is 2.33. The highest BCUT2D eigenvalue weighted by Gasteiger charge is 2.42. The van der Waals surface area contributed by atoms with Crippen molar-refractivity contribution in [2.24, 2.45) is 0 Å². The highest BCUT2D eigenvalue weighted by molar-refractivity contribution is 6.30. The highest BCUT2D eigenvalue weighted by atomic mass is 35.5. The molecular weight excluding hydrogens is 266 g/mol. The Labute approximate surface area is 118 Å². The van der Waals surface area contributed by atoms with E-state index >= 15 is 0 Å². The third-order valence-corrected chi connectivity index (χ3v) is 3.82. The fraction of sp³-hybridized carbons (Fsp3) is 0.615. The summed E-state index contributed by atoms with van der Waals surface area (Å²) >= 11 is 6.19. The molecule has 0 radical (unpaired) electrons. The van der Waals surface area contributed by atoms with Crippen molar-refractivity contribution < 1.29 is 9.47 Å². The number of ether oxygens (including phenoxy) is 2. The minimum absolute atomic E-state index is 0.0742. The van der Waals surface area contributed by atoms with Crippen molar-refractivity contribution in [2.45, 2.75) is 12.4 Å². The first-order valence-electron chi connectivity index (χ1n) is 6.46. The molecule has 2 saturated heterocycles. The lowest BCUT2D eigenvalue weighted by atomic mass is 10.2. The van der Waals surface area contributed by atoms with Crippen LogP contribution in [-0.2, 0) is 9.47 Å². The first-order valence-corrected chi connectivity index (χ1v) is 6.84. The number of piperazine rings is 1. The summed E-state index contributed by atoms with van der Waals surface area (Å²) in [5.74, 6) is 0.931. The molecule has 3 heterocycles. The van der Waals surface area contributed by atoms with Crippen LogP contribution in [0.25, 0.3) is 0 Å². The zero-order chi connectivity index (χ0) is 13.4. The molecule has 0 aromatic carbocycles. The minimum atomic E-state index is -0.175. The number of hydrogen-bond donors (Lipinski definition) is 0. The van der Waals surface area contributed by atoms with Crippen molar-refractivity contribution >= 4 is 17.4 Å². The van der Waals surface area contributed by atoms with Crippen molar-refractivity contribution in [1.82, 2.24) is 9.88 Å². The summed E-state index contributed by atoms with van der Waals surface area (Å²) in [4.78, 5) is 9.24. The lowest BCUT2D eigenvalue weighted by Crippen LogP contribution is -2.44. The molecule has 2 fully saturated rings. The molecule has 0 saturated carbocycles. The SMILES string of the molecule is COC1OC1c1cc(Cl)cc(N2CCN(C)CC2)n1. The number of halogens is 1. The van der Waals surface area contributed by atoms with Crippen LogP contribution in [0.2, 0.25) is 5.02 Å². The van der Waals surface area contributed by atoms with Crippen molar-refractivity contribution in [3.63, 3.8) is 0 Å². The zero-order valence-electron chi connectivity index (χ0n) is 11.2. The summed E-state index contributed by atoms with van der Waals surface area (Å²) in [5, 5.41) is 0.698. The fourth-order valence-corrected chi connectivity index (χ4v) is 2.54. The number of hydrogen-bond acceptors (Lipinski definition) is 5. The second-order valence-corrected chi connectivity index (χ2v) is 5.46. The number of anilines is 1. The van der Waals surface area contributed by atoms with Gasteiger partial charge in [-0.3, -0.25) is 0 Å². The van der Waals surface area contributed by atoms with Crippen LogP contribution in [0.5, 0.6) is 0 Å². The van der Waals surface area contributed by atoms with Crippen molar-refractivity contribution in [2.75, 3.05) is 45.2 Å². The van der Waals surface area contributed by atoms with Crippen LogP contribution in [0, 0.1) is 0 Å². The molecule has 0 amide bonds. The zero-order valence-corrected chi connectivity index (χ0v) is 11.9. The number of nitrogens with zero attached hydrogens (tertiary/aromatic N) is 3. The maximum atomic E-state index is 6.19. The van der Waals surface area contributed by atoms with E-state index in [4.69, 9.17) is 21.1 Å². The van der Waals surface area contributed by atoms with Gasteiger partial charge in [-0.15, -0.1) is 0 Å². The Hall–Kier alpha value is -0.880. The van der Waals surface area contributed by atoms with Crippen LogP contribution in [0.3, 0.4) is 0 Å². The number of methoxy groups -OCH3 is 1. The van der Waals surface area contributed by atoms with E-state index in [1.165, 1.54) is 0 Å². The Bertz CT molecular complexity index is 463. The van der Waals surface area contributed by atoms with Gasteiger partial charge in [0.2, 0.25) is 0 Å². The maximum Gasteiger partial charge on any atom is 0.190 e. The monoisotopic (exact) mass is 283 g/mol. The van der Waals surface area contributed by atoms with E-state index in [1.54, 1.807) is 7.11 Å². The van der Waals surface area contributed by atoms with E-state index in [2.05, 4.69) is 21.8 Å². The molecule has 2 unspecified atom stereocenters. The quantitative estimate of drug-likeness (QED) is 0.787. The predicted octanol–water partition coefficient (Wildman–Crippen LogP) is 1.53. The molecule has 6 heteroatoms. The van der Waals surface area contributed by atoms with Crippen LogP contribution >= 0.6 is 11.6 Å². The second kappa shape index (κ2) is 5.25. The number of epoxide rings is 1. The molecule has 0 aliphatic carbocycles. The van der Waals surface area contributed by atoms with Crippen molar-refractivity contribution in [3.05, 3.63) is 22.8 Å². The van der Waals surface area contributed by atoms with E-state index in [0.29, 0.717) is 5.02 Å². The van der Waals surface area contributed by atoms with Crippen molar-refractivity contribution in [3.8, 4) is 0 Å². The van der Waals surface area contributed by atoms with Gasteiger partial charge in [-0.1, -0.05) is 11.6 Å². The number of rotatable bonds is 3. The van der Waals surface area contributed by atoms with Crippen LogP contribution in [0.15, 0.2) is 12.1 Å². The van der Waals surface area contributed by atoms with Gasteiger partial charge < -0.3 is 19.3 Å². The highest BCUT2D eigenvalue weighted by Crippen LogP contribution is 2.39. The Morgan fingerprint density at radius 1 is 1.32 bits per heavy atom. The second-order valence-electron chi connectivity index (χ2n) is 5.02. The van der Waals surface area contributed by atoms with E-state index in [9.17, 15) is 0 Å². The minimum Gasteiger partial charge on any atom is -0.354 e.